The Bertz CT molecular complexity index is 807. The van der Waals surface area contributed by atoms with Crippen molar-refractivity contribution >= 4 is 29.3 Å². The van der Waals surface area contributed by atoms with Crippen molar-refractivity contribution in [2.24, 2.45) is 5.92 Å². The summed E-state index contributed by atoms with van der Waals surface area (Å²) in [7, 11) is 4.03. The van der Waals surface area contributed by atoms with E-state index in [1.54, 1.807) is 0 Å². The third kappa shape index (κ3) is 4.88. The summed E-state index contributed by atoms with van der Waals surface area (Å²) >= 11 is 7.51. The fraction of sp³-hybridized carbons (Fsp3) is 0.550. The Morgan fingerprint density at radius 1 is 1.32 bits per heavy atom. The number of hydrogen-bond acceptors (Lipinski definition) is 5. The van der Waals surface area contributed by atoms with Crippen molar-refractivity contribution in [1.82, 2.24) is 24.6 Å². The van der Waals surface area contributed by atoms with E-state index >= 15 is 0 Å². The van der Waals surface area contributed by atoms with Crippen LogP contribution < -0.4 is 0 Å². The lowest BCUT2D eigenvalue weighted by Gasteiger charge is -2.30. The van der Waals surface area contributed by atoms with E-state index in [9.17, 15) is 4.79 Å². The second kappa shape index (κ2) is 9.29. The van der Waals surface area contributed by atoms with Gasteiger partial charge in [-0.05, 0) is 64.0 Å². The van der Waals surface area contributed by atoms with Gasteiger partial charge < -0.3 is 4.90 Å². The average molecular weight is 422 g/mol. The number of hydrogen-bond donors (Lipinski definition) is 0. The predicted octanol–water partition coefficient (Wildman–Crippen LogP) is 3.89. The SMILES string of the molecule is C[C@@H]1CCCN(C(=O)CSc2nnc([C@@H](C)N(C)C)n2-c2ccc(Cl)cc2)C1. The van der Waals surface area contributed by atoms with Crippen molar-refractivity contribution in [3.8, 4) is 5.69 Å². The molecule has 0 spiro atoms. The Labute approximate surface area is 176 Å². The van der Waals surface area contributed by atoms with E-state index in [0.717, 1.165) is 36.2 Å². The summed E-state index contributed by atoms with van der Waals surface area (Å²) in [6, 6.07) is 7.70. The molecule has 3 rings (SSSR count). The molecule has 1 saturated heterocycles. The summed E-state index contributed by atoms with van der Waals surface area (Å²) in [5.41, 5.74) is 0.944. The normalized spacial score (nSPS) is 18.5. The van der Waals surface area contributed by atoms with Crippen molar-refractivity contribution in [2.75, 3.05) is 32.9 Å². The number of carbonyl (C=O) groups is 1. The van der Waals surface area contributed by atoms with E-state index < -0.39 is 0 Å². The van der Waals surface area contributed by atoms with Gasteiger partial charge in [0, 0.05) is 23.8 Å². The van der Waals surface area contributed by atoms with Gasteiger partial charge in [-0.3, -0.25) is 14.3 Å². The quantitative estimate of drug-likeness (QED) is 0.662. The number of nitrogens with zero attached hydrogens (tertiary/aromatic N) is 5. The van der Waals surface area contributed by atoms with Crippen LogP contribution in [0.1, 0.15) is 38.6 Å². The summed E-state index contributed by atoms with van der Waals surface area (Å²) in [6.07, 6.45) is 2.29. The number of amides is 1. The van der Waals surface area contributed by atoms with Gasteiger partial charge in [-0.2, -0.15) is 0 Å². The third-order valence-corrected chi connectivity index (χ3v) is 6.39. The topological polar surface area (TPSA) is 54.3 Å². The number of piperidine rings is 1. The molecule has 8 heteroatoms. The second-order valence-electron chi connectivity index (χ2n) is 7.67. The standard InChI is InChI=1S/C20H28ClN5OS/c1-14-6-5-11-25(12-14)18(27)13-28-20-23-22-19(15(2)24(3)4)26(20)17-9-7-16(21)8-10-17/h7-10,14-15H,5-6,11-13H2,1-4H3/t14-,15-/m1/s1. The van der Waals surface area contributed by atoms with Gasteiger partial charge in [-0.1, -0.05) is 30.3 Å². The lowest BCUT2D eigenvalue weighted by molar-refractivity contribution is -0.130. The largest absolute Gasteiger partial charge is 0.342 e. The maximum absolute atomic E-state index is 12.7. The summed E-state index contributed by atoms with van der Waals surface area (Å²) in [5, 5.41) is 10.2. The van der Waals surface area contributed by atoms with E-state index in [4.69, 9.17) is 11.6 Å². The Hall–Kier alpha value is -1.57. The molecule has 0 saturated carbocycles. The first-order chi connectivity index (χ1) is 13.4. The molecule has 0 unspecified atom stereocenters. The fourth-order valence-corrected chi connectivity index (χ4v) is 4.33. The number of benzene rings is 1. The number of likely N-dealkylation sites (tertiary alicyclic amines) is 1. The highest BCUT2D eigenvalue weighted by Crippen LogP contribution is 2.28. The zero-order valence-electron chi connectivity index (χ0n) is 16.9. The maximum atomic E-state index is 12.7. The zero-order valence-corrected chi connectivity index (χ0v) is 18.5. The maximum Gasteiger partial charge on any atom is 0.233 e. The highest BCUT2D eigenvalue weighted by molar-refractivity contribution is 7.99. The molecule has 152 valence electrons. The molecule has 0 N–H and O–H groups in total. The molecule has 6 nitrogen and oxygen atoms in total. The molecule has 1 aromatic heterocycles. The van der Waals surface area contributed by atoms with E-state index in [2.05, 4.69) is 28.9 Å². The molecule has 0 radical (unpaired) electrons. The molecular formula is C20H28ClN5OS. The molecule has 1 fully saturated rings. The van der Waals surface area contributed by atoms with Crippen LogP contribution in [0.2, 0.25) is 5.02 Å². The van der Waals surface area contributed by atoms with E-state index in [1.165, 1.54) is 18.2 Å². The van der Waals surface area contributed by atoms with Crippen molar-refractivity contribution < 1.29 is 4.79 Å². The minimum Gasteiger partial charge on any atom is -0.342 e. The molecule has 1 aliphatic rings. The van der Waals surface area contributed by atoms with Gasteiger partial charge in [0.2, 0.25) is 5.91 Å². The van der Waals surface area contributed by atoms with Crippen LogP contribution in [0.4, 0.5) is 0 Å². The van der Waals surface area contributed by atoms with Crippen LogP contribution >= 0.6 is 23.4 Å². The molecule has 1 amide bonds. The van der Waals surface area contributed by atoms with Gasteiger partial charge in [0.1, 0.15) is 0 Å². The molecule has 1 aliphatic heterocycles. The van der Waals surface area contributed by atoms with Crippen LogP contribution in [0, 0.1) is 5.92 Å². The first-order valence-electron chi connectivity index (χ1n) is 9.65. The number of thioether (sulfide) groups is 1. The minimum absolute atomic E-state index is 0.0798. The highest BCUT2D eigenvalue weighted by Gasteiger charge is 2.24. The van der Waals surface area contributed by atoms with Gasteiger partial charge in [0.05, 0.1) is 11.8 Å². The van der Waals surface area contributed by atoms with Gasteiger partial charge in [-0.25, -0.2) is 0 Å². The molecule has 2 aromatic rings. The van der Waals surface area contributed by atoms with Crippen LogP contribution in [-0.2, 0) is 4.79 Å². The highest BCUT2D eigenvalue weighted by atomic mass is 35.5. The lowest BCUT2D eigenvalue weighted by Crippen LogP contribution is -2.40. The minimum atomic E-state index is 0.0798. The fourth-order valence-electron chi connectivity index (χ4n) is 3.34. The third-order valence-electron chi connectivity index (χ3n) is 5.23. The summed E-state index contributed by atoms with van der Waals surface area (Å²) < 4.78 is 2.03. The van der Waals surface area contributed by atoms with Crippen LogP contribution in [0.5, 0.6) is 0 Å². The summed E-state index contributed by atoms with van der Waals surface area (Å²) in [4.78, 5) is 16.7. The number of aromatic nitrogens is 3. The monoisotopic (exact) mass is 421 g/mol. The van der Waals surface area contributed by atoms with Crippen molar-refractivity contribution in [3.63, 3.8) is 0 Å². The summed E-state index contributed by atoms with van der Waals surface area (Å²) in [6.45, 7) is 6.01. The Morgan fingerprint density at radius 2 is 2.04 bits per heavy atom. The van der Waals surface area contributed by atoms with Crippen LogP contribution in [-0.4, -0.2) is 63.4 Å². The van der Waals surface area contributed by atoms with Crippen LogP contribution in [0.25, 0.3) is 5.69 Å². The number of carbonyl (C=O) groups excluding carboxylic acids is 1. The number of rotatable bonds is 6. The number of halogens is 1. The first-order valence-corrected chi connectivity index (χ1v) is 11.0. The Morgan fingerprint density at radius 3 is 2.68 bits per heavy atom. The van der Waals surface area contributed by atoms with Crippen LogP contribution in [0.3, 0.4) is 0 Å². The molecule has 28 heavy (non-hydrogen) atoms. The summed E-state index contributed by atoms with van der Waals surface area (Å²) in [5.74, 6) is 1.96. The van der Waals surface area contributed by atoms with Crippen molar-refractivity contribution in [1.29, 1.82) is 0 Å². The predicted molar refractivity (Wildman–Crippen MR) is 114 cm³/mol. The van der Waals surface area contributed by atoms with Gasteiger partial charge in [-0.15, -0.1) is 10.2 Å². The average Bonchev–Trinajstić information content (AvgIpc) is 3.09. The lowest BCUT2D eigenvalue weighted by atomic mass is 10.0. The van der Waals surface area contributed by atoms with E-state index in [-0.39, 0.29) is 11.9 Å². The molecule has 0 bridgehead atoms. The molecule has 2 heterocycles. The van der Waals surface area contributed by atoms with Crippen LogP contribution in [0.15, 0.2) is 29.4 Å². The smallest absolute Gasteiger partial charge is 0.233 e. The van der Waals surface area contributed by atoms with Gasteiger partial charge in [0.25, 0.3) is 0 Å². The second-order valence-corrected chi connectivity index (χ2v) is 9.05. The van der Waals surface area contributed by atoms with E-state index in [0.29, 0.717) is 16.7 Å². The Kier molecular flexibility index (Phi) is 7.01. The molecular weight excluding hydrogens is 394 g/mol. The molecule has 0 aliphatic carbocycles. The molecule has 2 atom stereocenters. The first kappa shape index (κ1) is 21.1. The Balaban J connectivity index is 1.82. The van der Waals surface area contributed by atoms with Gasteiger partial charge >= 0.3 is 0 Å². The van der Waals surface area contributed by atoms with Crippen molar-refractivity contribution in [3.05, 3.63) is 35.1 Å². The van der Waals surface area contributed by atoms with E-state index in [1.807, 2.05) is 47.8 Å². The van der Waals surface area contributed by atoms with Gasteiger partial charge in [0.15, 0.2) is 11.0 Å². The molecule has 1 aromatic carbocycles. The van der Waals surface area contributed by atoms with Crippen molar-refractivity contribution in [2.45, 2.75) is 37.9 Å². The zero-order chi connectivity index (χ0) is 20.3.